The van der Waals surface area contributed by atoms with E-state index in [1.54, 1.807) is 6.07 Å². The van der Waals surface area contributed by atoms with Crippen LogP contribution in [-0.2, 0) is 9.59 Å². The molecule has 3 rings (SSSR count). The van der Waals surface area contributed by atoms with Crippen LogP contribution in [0.15, 0.2) is 48.5 Å². The molecule has 0 saturated carbocycles. The van der Waals surface area contributed by atoms with E-state index in [1.165, 1.54) is 48.6 Å². The molecule has 3 N–H and O–H groups in total. The normalized spacial score (nSPS) is 11.7. The number of nitro benzene ring substituents is 1. The fourth-order valence-corrected chi connectivity index (χ4v) is 2.39. The van der Waals surface area contributed by atoms with Crippen LogP contribution < -0.4 is 25.6 Å². The summed E-state index contributed by atoms with van der Waals surface area (Å²) >= 11 is 0. The first kappa shape index (κ1) is 20.3. The van der Waals surface area contributed by atoms with E-state index in [0.29, 0.717) is 17.1 Å². The largest absolute Gasteiger partial charge is 0.454 e. The SMILES string of the molecule is O=C(C=Cc1ccc([N+](=O)[O-])cc1)NCC(=O)NNC(=O)c1ccc2c(c1)OCO2. The highest BCUT2D eigenvalue weighted by Crippen LogP contribution is 2.32. The average molecular weight is 412 g/mol. The van der Waals surface area contributed by atoms with Crippen LogP contribution >= 0.6 is 0 Å². The Morgan fingerprint density at radius 2 is 1.77 bits per heavy atom. The molecule has 11 nitrogen and oxygen atoms in total. The maximum Gasteiger partial charge on any atom is 0.269 e. The third kappa shape index (κ3) is 5.32. The summed E-state index contributed by atoms with van der Waals surface area (Å²) in [5.74, 6) is -0.793. The average Bonchev–Trinajstić information content (AvgIpc) is 3.22. The van der Waals surface area contributed by atoms with Crippen LogP contribution in [0.4, 0.5) is 5.69 Å². The summed E-state index contributed by atoms with van der Waals surface area (Å²) in [7, 11) is 0. The minimum Gasteiger partial charge on any atom is -0.454 e. The van der Waals surface area contributed by atoms with Crippen molar-refractivity contribution in [2.75, 3.05) is 13.3 Å². The van der Waals surface area contributed by atoms with E-state index in [4.69, 9.17) is 9.47 Å². The molecule has 154 valence electrons. The van der Waals surface area contributed by atoms with Gasteiger partial charge in [-0.1, -0.05) is 0 Å². The second-order valence-electron chi connectivity index (χ2n) is 5.97. The lowest BCUT2D eigenvalue weighted by atomic mass is 10.2. The minimum atomic E-state index is -0.638. The summed E-state index contributed by atoms with van der Waals surface area (Å²) in [6, 6.07) is 10.2. The van der Waals surface area contributed by atoms with E-state index in [-0.39, 0.29) is 24.6 Å². The zero-order valence-corrected chi connectivity index (χ0v) is 15.4. The van der Waals surface area contributed by atoms with Gasteiger partial charge in [0.2, 0.25) is 12.7 Å². The standard InChI is InChI=1S/C19H16N4O7/c24-17(8-3-12-1-5-14(6-2-12)23(27)28)20-10-18(25)21-22-19(26)13-4-7-15-16(9-13)30-11-29-15/h1-9H,10-11H2,(H,20,24)(H,21,25)(H,22,26). The first-order valence-electron chi connectivity index (χ1n) is 8.61. The molecule has 0 fully saturated rings. The van der Waals surface area contributed by atoms with Crippen LogP contribution in [-0.4, -0.2) is 36.0 Å². The van der Waals surface area contributed by atoms with E-state index in [0.717, 1.165) is 0 Å². The van der Waals surface area contributed by atoms with Gasteiger partial charge in [-0.15, -0.1) is 0 Å². The highest BCUT2D eigenvalue weighted by Gasteiger charge is 2.16. The summed E-state index contributed by atoms with van der Waals surface area (Å²) in [6.07, 6.45) is 2.62. The first-order valence-corrected chi connectivity index (χ1v) is 8.61. The molecule has 3 amide bonds. The van der Waals surface area contributed by atoms with Crippen molar-refractivity contribution < 1.29 is 28.8 Å². The van der Waals surface area contributed by atoms with Gasteiger partial charge in [0.15, 0.2) is 11.5 Å². The van der Waals surface area contributed by atoms with E-state index >= 15 is 0 Å². The molecule has 11 heteroatoms. The van der Waals surface area contributed by atoms with Gasteiger partial charge in [-0.2, -0.15) is 0 Å². The molecule has 0 bridgehead atoms. The molecular formula is C19H16N4O7. The van der Waals surface area contributed by atoms with Crippen LogP contribution in [0.3, 0.4) is 0 Å². The third-order valence-electron chi connectivity index (χ3n) is 3.90. The van der Waals surface area contributed by atoms with Gasteiger partial charge in [-0.05, 0) is 42.0 Å². The Labute approximate surface area is 169 Å². The Kier molecular flexibility index (Phi) is 6.23. The Morgan fingerprint density at radius 3 is 2.50 bits per heavy atom. The summed E-state index contributed by atoms with van der Waals surface area (Å²) in [6.45, 7) is -0.291. The van der Waals surface area contributed by atoms with Crippen molar-refractivity contribution in [1.82, 2.24) is 16.2 Å². The summed E-state index contributed by atoms with van der Waals surface area (Å²) < 4.78 is 10.3. The summed E-state index contributed by atoms with van der Waals surface area (Å²) in [4.78, 5) is 45.7. The maximum absolute atomic E-state index is 12.0. The van der Waals surface area contributed by atoms with Crippen LogP contribution in [0, 0.1) is 10.1 Å². The zero-order valence-electron chi connectivity index (χ0n) is 15.4. The quantitative estimate of drug-likeness (QED) is 0.363. The Hall–Kier alpha value is -4.41. The van der Waals surface area contributed by atoms with E-state index in [9.17, 15) is 24.5 Å². The molecule has 0 aliphatic carbocycles. The fourth-order valence-electron chi connectivity index (χ4n) is 2.39. The lowest BCUT2D eigenvalue weighted by Crippen LogP contribution is -2.46. The number of nitrogens with zero attached hydrogens (tertiary/aromatic N) is 1. The molecule has 0 radical (unpaired) electrons. The molecule has 0 unspecified atom stereocenters. The van der Waals surface area contributed by atoms with Crippen molar-refractivity contribution in [2.24, 2.45) is 0 Å². The number of benzene rings is 2. The Morgan fingerprint density at radius 1 is 1.03 bits per heavy atom. The summed E-state index contributed by atoms with van der Waals surface area (Å²) in [5.41, 5.74) is 5.19. The molecule has 0 spiro atoms. The predicted octanol–water partition coefficient (Wildman–Crippen LogP) is 0.914. The molecule has 1 aliphatic heterocycles. The van der Waals surface area contributed by atoms with E-state index in [1.807, 2.05) is 0 Å². The van der Waals surface area contributed by atoms with Crippen molar-refractivity contribution in [3.05, 3.63) is 69.8 Å². The summed E-state index contributed by atoms with van der Waals surface area (Å²) in [5, 5.41) is 12.9. The second kappa shape index (κ2) is 9.19. The molecule has 0 aromatic heterocycles. The topological polar surface area (TPSA) is 149 Å². The van der Waals surface area contributed by atoms with Crippen LogP contribution in [0.25, 0.3) is 6.08 Å². The lowest BCUT2D eigenvalue weighted by Gasteiger charge is -2.08. The third-order valence-corrected chi connectivity index (χ3v) is 3.90. The molecule has 1 heterocycles. The number of hydrogen-bond donors (Lipinski definition) is 3. The van der Waals surface area contributed by atoms with E-state index < -0.39 is 22.6 Å². The van der Waals surface area contributed by atoms with Crippen molar-refractivity contribution in [3.8, 4) is 11.5 Å². The Bertz CT molecular complexity index is 1020. The number of carbonyl (C=O) groups excluding carboxylic acids is 3. The molecule has 2 aromatic rings. The van der Waals surface area contributed by atoms with Gasteiger partial charge in [0.1, 0.15) is 0 Å². The smallest absolute Gasteiger partial charge is 0.269 e. The maximum atomic E-state index is 12.0. The van der Waals surface area contributed by atoms with Gasteiger partial charge in [0.25, 0.3) is 17.5 Å². The number of fused-ring (bicyclic) bond motifs is 1. The van der Waals surface area contributed by atoms with Crippen LogP contribution in [0.2, 0.25) is 0 Å². The van der Waals surface area contributed by atoms with Gasteiger partial charge in [0, 0.05) is 23.8 Å². The molecule has 1 aliphatic rings. The van der Waals surface area contributed by atoms with Crippen molar-refractivity contribution in [2.45, 2.75) is 0 Å². The Balaban J connectivity index is 1.41. The monoisotopic (exact) mass is 412 g/mol. The fraction of sp³-hybridized carbons (Fsp3) is 0.105. The molecule has 2 aromatic carbocycles. The van der Waals surface area contributed by atoms with Gasteiger partial charge in [-0.3, -0.25) is 35.3 Å². The second-order valence-corrected chi connectivity index (χ2v) is 5.97. The zero-order chi connectivity index (χ0) is 21.5. The van der Waals surface area contributed by atoms with Crippen molar-refractivity contribution in [3.63, 3.8) is 0 Å². The number of nitrogens with one attached hydrogen (secondary N) is 3. The molecule has 0 saturated heterocycles. The van der Waals surface area contributed by atoms with E-state index in [2.05, 4.69) is 16.2 Å². The highest BCUT2D eigenvalue weighted by molar-refractivity contribution is 5.97. The van der Waals surface area contributed by atoms with Gasteiger partial charge >= 0.3 is 0 Å². The molecule has 0 atom stereocenters. The van der Waals surface area contributed by atoms with Gasteiger partial charge in [0.05, 0.1) is 11.5 Å². The van der Waals surface area contributed by atoms with Crippen LogP contribution in [0.5, 0.6) is 11.5 Å². The predicted molar refractivity (Wildman–Crippen MR) is 103 cm³/mol. The first-order chi connectivity index (χ1) is 14.4. The number of carbonyl (C=O) groups is 3. The van der Waals surface area contributed by atoms with Crippen molar-refractivity contribution >= 4 is 29.5 Å². The number of rotatable bonds is 6. The number of ether oxygens (including phenoxy) is 2. The number of amides is 3. The number of nitro groups is 1. The number of hydrogen-bond acceptors (Lipinski definition) is 7. The van der Waals surface area contributed by atoms with Crippen LogP contribution in [0.1, 0.15) is 15.9 Å². The van der Waals surface area contributed by atoms with Gasteiger partial charge < -0.3 is 14.8 Å². The van der Waals surface area contributed by atoms with Gasteiger partial charge in [-0.25, -0.2) is 0 Å². The highest BCUT2D eigenvalue weighted by atomic mass is 16.7. The molecular weight excluding hydrogens is 396 g/mol. The lowest BCUT2D eigenvalue weighted by molar-refractivity contribution is -0.384. The number of non-ortho nitro benzene ring substituents is 1. The number of hydrazine groups is 1. The van der Waals surface area contributed by atoms with Crippen molar-refractivity contribution in [1.29, 1.82) is 0 Å². The molecule has 30 heavy (non-hydrogen) atoms. The minimum absolute atomic E-state index is 0.0592.